The lowest BCUT2D eigenvalue weighted by molar-refractivity contribution is 0.228. The van der Waals surface area contributed by atoms with Crippen LogP contribution < -0.4 is 10.6 Å². The van der Waals surface area contributed by atoms with E-state index in [4.69, 9.17) is 5.11 Å². The topological polar surface area (TPSA) is 61.4 Å². The largest absolute Gasteiger partial charge is 0.396 e. The second kappa shape index (κ2) is 8.67. The van der Waals surface area contributed by atoms with Gasteiger partial charge in [-0.15, -0.1) is 0 Å². The number of carbonyl (C=O) groups excluding carboxylic acids is 1. The monoisotopic (exact) mass is 338 g/mol. The molecule has 2 unspecified atom stereocenters. The molecule has 3 rings (SSSR count). The van der Waals surface area contributed by atoms with E-state index in [9.17, 15) is 4.79 Å². The Bertz CT molecular complexity index is 687. The first-order chi connectivity index (χ1) is 12.3. The number of fused-ring (bicyclic) bond motifs is 1. The minimum absolute atomic E-state index is 0.0687. The van der Waals surface area contributed by atoms with E-state index in [1.807, 2.05) is 36.4 Å². The molecule has 3 N–H and O–H groups in total. The van der Waals surface area contributed by atoms with Crippen LogP contribution in [-0.2, 0) is 6.42 Å². The van der Waals surface area contributed by atoms with Gasteiger partial charge in [0.15, 0.2) is 0 Å². The first-order valence-corrected chi connectivity index (χ1v) is 9.08. The standard InChI is InChI=1S/C21H26N2O2/c24-15-7-14-19(17-9-2-1-3-10-17)22-21(25)23-20-13-6-11-16-8-4-5-12-18(16)20/h1-5,8-10,12,19-20,24H,6-7,11,13-15H2,(H2,22,23,25). The van der Waals surface area contributed by atoms with Gasteiger partial charge in [-0.05, 0) is 48.8 Å². The molecule has 132 valence electrons. The Labute approximate surface area is 149 Å². The van der Waals surface area contributed by atoms with Crippen molar-refractivity contribution in [1.29, 1.82) is 0 Å². The molecule has 0 aliphatic heterocycles. The van der Waals surface area contributed by atoms with Gasteiger partial charge in [-0.2, -0.15) is 0 Å². The summed E-state index contributed by atoms with van der Waals surface area (Å²) in [5.41, 5.74) is 3.63. The molecule has 2 atom stereocenters. The Morgan fingerprint density at radius 2 is 1.88 bits per heavy atom. The van der Waals surface area contributed by atoms with Crippen molar-refractivity contribution in [3.63, 3.8) is 0 Å². The van der Waals surface area contributed by atoms with E-state index in [2.05, 4.69) is 28.8 Å². The van der Waals surface area contributed by atoms with E-state index in [1.165, 1.54) is 11.1 Å². The maximum absolute atomic E-state index is 12.6. The van der Waals surface area contributed by atoms with Crippen LogP contribution in [0.15, 0.2) is 54.6 Å². The van der Waals surface area contributed by atoms with Gasteiger partial charge in [0.05, 0.1) is 12.1 Å². The highest BCUT2D eigenvalue weighted by atomic mass is 16.3. The molecule has 4 nitrogen and oxygen atoms in total. The molecule has 25 heavy (non-hydrogen) atoms. The van der Waals surface area contributed by atoms with Crippen molar-refractivity contribution in [2.24, 2.45) is 0 Å². The quantitative estimate of drug-likeness (QED) is 0.748. The molecule has 1 aliphatic carbocycles. The predicted octanol–water partition coefficient (Wildman–Crippen LogP) is 3.88. The smallest absolute Gasteiger partial charge is 0.315 e. The van der Waals surface area contributed by atoms with Crippen molar-refractivity contribution >= 4 is 6.03 Å². The first kappa shape index (κ1) is 17.5. The fourth-order valence-corrected chi connectivity index (χ4v) is 3.56. The maximum Gasteiger partial charge on any atom is 0.315 e. The third kappa shape index (κ3) is 4.60. The molecule has 2 aromatic carbocycles. The van der Waals surface area contributed by atoms with E-state index < -0.39 is 0 Å². The predicted molar refractivity (Wildman–Crippen MR) is 99.3 cm³/mol. The van der Waals surface area contributed by atoms with Crippen molar-refractivity contribution < 1.29 is 9.90 Å². The molecule has 0 fully saturated rings. The van der Waals surface area contributed by atoms with Gasteiger partial charge in [0.1, 0.15) is 0 Å². The Morgan fingerprint density at radius 1 is 1.12 bits per heavy atom. The van der Waals surface area contributed by atoms with Crippen LogP contribution in [0.3, 0.4) is 0 Å². The van der Waals surface area contributed by atoms with E-state index in [-0.39, 0.29) is 24.7 Å². The summed E-state index contributed by atoms with van der Waals surface area (Å²) in [5.74, 6) is 0. The number of aliphatic hydroxyl groups is 1. The highest BCUT2D eigenvalue weighted by Crippen LogP contribution is 2.29. The zero-order valence-electron chi connectivity index (χ0n) is 14.4. The van der Waals surface area contributed by atoms with Gasteiger partial charge in [0.25, 0.3) is 0 Å². The molecule has 2 aromatic rings. The Hall–Kier alpha value is -2.33. The number of hydrogen-bond acceptors (Lipinski definition) is 2. The molecule has 0 saturated heterocycles. The third-order valence-corrected chi connectivity index (χ3v) is 4.83. The number of carbonyl (C=O) groups is 1. The number of urea groups is 1. The van der Waals surface area contributed by atoms with Crippen LogP contribution >= 0.6 is 0 Å². The van der Waals surface area contributed by atoms with Crippen LogP contribution in [0.5, 0.6) is 0 Å². The number of hydrogen-bond donors (Lipinski definition) is 3. The number of rotatable bonds is 6. The lowest BCUT2D eigenvalue weighted by Crippen LogP contribution is -2.41. The number of benzene rings is 2. The number of aryl methyl sites for hydroxylation is 1. The summed E-state index contributed by atoms with van der Waals surface area (Å²) >= 11 is 0. The van der Waals surface area contributed by atoms with Gasteiger partial charge in [0, 0.05) is 6.61 Å². The lowest BCUT2D eigenvalue weighted by Gasteiger charge is -2.28. The van der Waals surface area contributed by atoms with Crippen molar-refractivity contribution in [1.82, 2.24) is 10.6 Å². The first-order valence-electron chi connectivity index (χ1n) is 9.08. The zero-order chi connectivity index (χ0) is 17.5. The van der Waals surface area contributed by atoms with Crippen LogP contribution in [0.2, 0.25) is 0 Å². The summed E-state index contributed by atoms with van der Waals surface area (Å²) < 4.78 is 0. The minimum atomic E-state index is -0.145. The molecule has 0 spiro atoms. The SMILES string of the molecule is O=C(NC(CCCO)c1ccccc1)NC1CCCc2ccccc21. The highest BCUT2D eigenvalue weighted by Gasteiger charge is 2.22. The van der Waals surface area contributed by atoms with Crippen LogP contribution in [0.25, 0.3) is 0 Å². The minimum Gasteiger partial charge on any atom is -0.396 e. The summed E-state index contributed by atoms with van der Waals surface area (Å²) in [6.07, 6.45) is 4.52. The number of amides is 2. The van der Waals surface area contributed by atoms with Crippen molar-refractivity contribution in [2.75, 3.05) is 6.61 Å². The van der Waals surface area contributed by atoms with Crippen molar-refractivity contribution in [3.05, 3.63) is 71.3 Å². The maximum atomic E-state index is 12.6. The fourth-order valence-electron chi connectivity index (χ4n) is 3.56. The van der Waals surface area contributed by atoms with Gasteiger partial charge in [-0.1, -0.05) is 54.6 Å². The van der Waals surface area contributed by atoms with Crippen molar-refractivity contribution in [3.8, 4) is 0 Å². The van der Waals surface area contributed by atoms with Crippen LogP contribution in [0, 0.1) is 0 Å². The molecule has 4 heteroatoms. The van der Waals surface area contributed by atoms with Gasteiger partial charge in [-0.25, -0.2) is 4.79 Å². The van der Waals surface area contributed by atoms with E-state index >= 15 is 0 Å². The average Bonchev–Trinajstić information content (AvgIpc) is 2.66. The van der Waals surface area contributed by atoms with E-state index in [0.29, 0.717) is 6.42 Å². The molecule has 2 amide bonds. The number of aliphatic hydroxyl groups excluding tert-OH is 1. The summed E-state index contributed by atoms with van der Waals surface area (Å²) in [7, 11) is 0. The molecule has 0 aromatic heterocycles. The second-order valence-corrected chi connectivity index (χ2v) is 6.59. The molecule has 0 bridgehead atoms. The third-order valence-electron chi connectivity index (χ3n) is 4.83. The summed E-state index contributed by atoms with van der Waals surface area (Å²) in [4.78, 5) is 12.6. The van der Waals surface area contributed by atoms with Crippen LogP contribution in [0.1, 0.15) is 54.5 Å². The summed E-state index contributed by atoms with van der Waals surface area (Å²) in [5, 5.41) is 15.4. The molecular formula is C21H26N2O2. The lowest BCUT2D eigenvalue weighted by atomic mass is 9.88. The van der Waals surface area contributed by atoms with E-state index in [1.54, 1.807) is 0 Å². The average molecular weight is 338 g/mol. The van der Waals surface area contributed by atoms with Gasteiger partial charge in [-0.3, -0.25) is 0 Å². The number of nitrogens with one attached hydrogen (secondary N) is 2. The molecule has 1 aliphatic rings. The zero-order valence-corrected chi connectivity index (χ0v) is 14.4. The fraction of sp³-hybridized carbons (Fsp3) is 0.381. The molecule has 0 radical (unpaired) electrons. The molecule has 0 saturated carbocycles. The second-order valence-electron chi connectivity index (χ2n) is 6.59. The van der Waals surface area contributed by atoms with Crippen LogP contribution in [0.4, 0.5) is 4.79 Å². The molecule has 0 heterocycles. The Kier molecular flexibility index (Phi) is 6.07. The summed E-state index contributed by atoms with van der Waals surface area (Å²) in [6.45, 7) is 0.128. The highest BCUT2D eigenvalue weighted by molar-refractivity contribution is 5.75. The van der Waals surface area contributed by atoms with Gasteiger partial charge >= 0.3 is 6.03 Å². The van der Waals surface area contributed by atoms with Crippen LogP contribution in [-0.4, -0.2) is 17.7 Å². The van der Waals surface area contributed by atoms with Gasteiger partial charge < -0.3 is 15.7 Å². The Morgan fingerprint density at radius 3 is 2.68 bits per heavy atom. The Balaban J connectivity index is 1.66. The normalized spacial score (nSPS) is 17.4. The van der Waals surface area contributed by atoms with Crippen molar-refractivity contribution in [2.45, 2.75) is 44.2 Å². The summed E-state index contributed by atoms with van der Waals surface area (Å²) in [6, 6.07) is 18.1. The van der Waals surface area contributed by atoms with Gasteiger partial charge in [0.2, 0.25) is 0 Å². The molecular weight excluding hydrogens is 312 g/mol. The van der Waals surface area contributed by atoms with E-state index in [0.717, 1.165) is 31.2 Å².